The molecule has 5 aliphatic heterocycles. The largest absolute Gasteiger partial charge is 0.394 e. The number of ether oxygens (including phenoxy) is 8. The zero-order valence-corrected chi connectivity index (χ0v) is 37.0. The van der Waals surface area contributed by atoms with E-state index in [1.165, 1.54) is 12.8 Å². The topological polar surface area (TPSA) is 276 Å². The minimum Gasteiger partial charge on any atom is -0.394 e. The molecule has 0 aromatic heterocycles. The lowest BCUT2D eigenvalue weighted by atomic mass is 9.44. The van der Waals surface area contributed by atoms with E-state index in [1.807, 2.05) is 0 Å². The summed E-state index contributed by atoms with van der Waals surface area (Å²) < 4.78 is 49.0. The highest BCUT2D eigenvalue weighted by Gasteiger charge is 2.69. The van der Waals surface area contributed by atoms with Gasteiger partial charge in [0.25, 0.3) is 0 Å². The van der Waals surface area contributed by atoms with Gasteiger partial charge in [0.05, 0.1) is 38.6 Å². The first kappa shape index (κ1) is 47.4. The van der Waals surface area contributed by atoms with Crippen LogP contribution in [0.15, 0.2) is 0 Å². The van der Waals surface area contributed by atoms with E-state index in [1.54, 1.807) is 0 Å². The van der Waals surface area contributed by atoms with Crippen LogP contribution in [0, 0.1) is 52.3 Å². The van der Waals surface area contributed by atoms with Crippen molar-refractivity contribution in [2.75, 3.05) is 26.4 Å². The van der Waals surface area contributed by atoms with Gasteiger partial charge in [0.1, 0.15) is 73.2 Å². The van der Waals surface area contributed by atoms with Crippen molar-refractivity contribution in [3.05, 3.63) is 0 Å². The molecular weight excluding hydrogens is 828 g/mol. The Balaban J connectivity index is 0.833. The summed E-state index contributed by atoms with van der Waals surface area (Å²) in [5, 5.41) is 106. The second kappa shape index (κ2) is 18.0. The van der Waals surface area contributed by atoms with Crippen LogP contribution in [0.4, 0.5) is 0 Å². The predicted octanol–water partition coefficient (Wildman–Crippen LogP) is -0.734. The molecule has 9 aliphatic rings. The molecule has 0 aromatic rings. The second-order valence-electron chi connectivity index (χ2n) is 21.5. The summed E-state index contributed by atoms with van der Waals surface area (Å²) in [4.78, 5) is 0. The summed E-state index contributed by atoms with van der Waals surface area (Å²) in [7, 11) is 0. The van der Waals surface area contributed by atoms with Gasteiger partial charge in [-0.25, -0.2) is 0 Å². The molecule has 5 saturated heterocycles. The fourth-order valence-electron chi connectivity index (χ4n) is 14.7. The average molecular weight is 903 g/mol. The Morgan fingerprint density at radius 3 is 1.84 bits per heavy atom. The molecular formula is C45H74O18. The summed E-state index contributed by atoms with van der Waals surface area (Å²) in [6.45, 7) is 8.23. The quantitative estimate of drug-likeness (QED) is 0.128. The summed E-state index contributed by atoms with van der Waals surface area (Å²) in [6.07, 6.45) is -14.2. The third-order valence-corrected chi connectivity index (χ3v) is 18.3. The molecule has 1 spiro atoms. The molecule has 0 radical (unpaired) electrons. The van der Waals surface area contributed by atoms with Crippen LogP contribution in [0.2, 0.25) is 0 Å². The van der Waals surface area contributed by atoms with E-state index < -0.39 is 118 Å². The van der Waals surface area contributed by atoms with E-state index in [4.69, 9.17) is 37.9 Å². The Kier molecular flexibility index (Phi) is 13.5. The fraction of sp³-hybridized carbons (Fsp3) is 1.00. The van der Waals surface area contributed by atoms with Crippen molar-refractivity contribution >= 4 is 0 Å². The van der Waals surface area contributed by atoms with Crippen LogP contribution in [0.5, 0.6) is 0 Å². The summed E-state index contributed by atoms with van der Waals surface area (Å²) in [6, 6.07) is 0. The van der Waals surface area contributed by atoms with E-state index in [2.05, 4.69) is 27.7 Å². The molecule has 63 heavy (non-hydrogen) atoms. The zero-order valence-electron chi connectivity index (χ0n) is 37.0. The first-order chi connectivity index (χ1) is 30.0. The molecule has 10 N–H and O–H groups in total. The Labute approximate surface area is 369 Å². The van der Waals surface area contributed by atoms with Gasteiger partial charge in [0.15, 0.2) is 24.7 Å². The lowest BCUT2D eigenvalue weighted by Gasteiger charge is -2.61. The number of hydrogen-bond donors (Lipinski definition) is 10. The molecule has 4 aliphatic carbocycles. The molecule has 0 amide bonds. The van der Waals surface area contributed by atoms with Gasteiger partial charge in [-0.05, 0) is 104 Å². The maximum Gasteiger partial charge on any atom is 0.187 e. The van der Waals surface area contributed by atoms with Crippen molar-refractivity contribution in [3.63, 3.8) is 0 Å². The minimum atomic E-state index is -1.89. The van der Waals surface area contributed by atoms with E-state index in [0.29, 0.717) is 41.4 Å². The number of aliphatic hydroxyl groups excluding tert-OH is 10. The first-order valence-electron chi connectivity index (χ1n) is 23.8. The van der Waals surface area contributed by atoms with E-state index in [9.17, 15) is 51.1 Å². The summed E-state index contributed by atoms with van der Waals surface area (Å²) in [5.74, 6) is 3.29. The predicted molar refractivity (Wildman–Crippen MR) is 216 cm³/mol. The van der Waals surface area contributed by atoms with Gasteiger partial charge in [-0.3, -0.25) is 0 Å². The lowest BCUT2D eigenvalue weighted by molar-refractivity contribution is -0.390. The zero-order chi connectivity index (χ0) is 44.9. The molecule has 18 nitrogen and oxygen atoms in total. The summed E-state index contributed by atoms with van der Waals surface area (Å²) >= 11 is 0. The molecule has 22 unspecified atom stereocenters. The molecule has 9 rings (SSSR count). The first-order valence-corrected chi connectivity index (χ1v) is 23.8. The Morgan fingerprint density at radius 2 is 1.16 bits per heavy atom. The fourth-order valence-corrected chi connectivity index (χ4v) is 14.7. The third kappa shape index (κ3) is 7.88. The van der Waals surface area contributed by atoms with Crippen molar-refractivity contribution in [2.24, 2.45) is 52.3 Å². The molecule has 5 heterocycles. The van der Waals surface area contributed by atoms with Crippen molar-refractivity contribution < 1.29 is 89.0 Å². The number of aliphatic hydroxyl groups is 10. The maximum atomic E-state index is 11.5. The van der Waals surface area contributed by atoms with E-state index in [0.717, 1.165) is 58.0 Å². The van der Waals surface area contributed by atoms with Crippen molar-refractivity contribution in [3.8, 4) is 0 Å². The molecule has 18 heteroatoms. The third-order valence-electron chi connectivity index (χ3n) is 18.3. The highest BCUT2D eigenvalue weighted by molar-refractivity contribution is 5.15. The van der Waals surface area contributed by atoms with Crippen LogP contribution in [-0.4, -0.2) is 188 Å². The van der Waals surface area contributed by atoms with Gasteiger partial charge in [0.2, 0.25) is 0 Å². The van der Waals surface area contributed by atoms with Crippen molar-refractivity contribution in [1.29, 1.82) is 0 Å². The highest BCUT2D eigenvalue weighted by Crippen LogP contribution is 2.71. The summed E-state index contributed by atoms with van der Waals surface area (Å²) in [5.41, 5.74) is 0.364. The van der Waals surface area contributed by atoms with Gasteiger partial charge in [0, 0.05) is 12.3 Å². The normalized spacial score (nSPS) is 58.2. The Bertz CT molecular complexity index is 1570. The minimum absolute atomic E-state index is 0.134. The SMILES string of the molecule is CC1CC[C@@]2(OC1)OC1C[C@H]3[C@@H]4CC[C@H]5CC(OC6OC(CO)C(OC7OC(CO)C(O)C(O)C7OC7OC(CO)C(O)C(O)C7O)C(O)C6O)CCC5(C)[C@H]4CCC3(C)C1C2C. The van der Waals surface area contributed by atoms with Gasteiger partial charge < -0.3 is 89.0 Å². The van der Waals surface area contributed by atoms with Crippen LogP contribution in [0.25, 0.3) is 0 Å². The molecule has 9 fully saturated rings. The molecule has 27 atom stereocenters. The molecule has 0 bridgehead atoms. The van der Waals surface area contributed by atoms with E-state index in [-0.39, 0.29) is 23.0 Å². The van der Waals surface area contributed by atoms with Gasteiger partial charge in [-0.15, -0.1) is 0 Å². The monoisotopic (exact) mass is 902 g/mol. The van der Waals surface area contributed by atoms with Crippen LogP contribution in [0.3, 0.4) is 0 Å². The number of hydrogen-bond acceptors (Lipinski definition) is 18. The standard InChI is InChI=1S/C45H74O18/c1-19-7-12-45(56-18-19)20(2)30-26(63-45)14-25-23-6-5-21-13-22(8-10-43(21,3)24(23)9-11-44(25,30)4)57-40-37(55)35(53)38(29(17-48)60-40)61-42-39(34(52)32(50)28(16-47)59-42)62-41-36(54)33(51)31(49)27(15-46)58-41/h19-42,46-55H,5-18H2,1-4H3/t19?,20?,21-,22?,23+,24-,25-,26?,27?,28?,29?,30?,31?,32?,33?,34?,35?,36?,37?,38?,39?,40?,41?,42?,43?,44?,45+/m0/s1. The molecule has 0 aromatic carbocycles. The van der Waals surface area contributed by atoms with E-state index >= 15 is 0 Å². The van der Waals surface area contributed by atoms with Gasteiger partial charge >= 0.3 is 0 Å². The molecule has 4 saturated carbocycles. The van der Waals surface area contributed by atoms with Crippen LogP contribution >= 0.6 is 0 Å². The van der Waals surface area contributed by atoms with Gasteiger partial charge in [-0.1, -0.05) is 27.7 Å². The van der Waals surface area contributed by atoms with Crippen LogP contribution < -0.4 is 0 Å². The van der Waals surface area contributed by atoms with Gasteiger partial charge in [-0.2, -0.15) is 0 Å². The molecule has 362 valence electrons. The number of rotatable bonds is 9. The highest BCUT2D eigenvalue weighted by atomic mass is 16.8. The maximum absolute atomic E-state index is 11.5. The number of fused-ring (bicyclic) bond motifs is 7. The van der Waals surface area contributed by atoms with Crippen molar-refractivity contribution in [2.45, 2.75) is 202 Å². The van der Waals surface area contributed by atoms with Crippen LogP contribution in [0.1, 0.15) is 91.9 Å². The Hall–Kier alpha value is -0.720. The lowest BCUT2D eigenvalue weighted by Crippen LogP contribution is -2.67. The van der Waals surface area contributed by atoms with Crippen LogP contribution in [-0.2, 0) is 37.9 Å². The Morgan fingerprint density at radius 1 is 0.556 bits per heavy atom. The second-order valence-corrected chi connectivity index (χ2v) is 21.5. The average Bonchev–Trinajstić information content (AvgIpc) is 3.72. The smallest absolute Gasteiger partial charge is 0.187 e. The van der Waals surface area contributed by atoms with Crippen molar-refractivity contribution in [1.82, 2.24) is 0 Å².